The van der Waals surface area contributed by atoms with Gasteiger partial charge in [0.2, 0.25) is 15.9 Å². The molecule has 31 heavy (non-hydrogen) atoms. The number of amides is 1. The maximum Gasteiger partial charge on any atom is 0.271 e. The molecule has 0 aliphatic rings. The van der Waals surface area contributed by atoms with Gasteiger partial charge in [0.05, 0.1) is 22.9 Å². The van der Waals surface area contributed by atoms with Crippen LogP contribution in [0.15, 0.2) is 36.4 Å². The van der Waals surface area contributed by atoms with Crippen molar-refractivity contribution in [1.82, 2.24) is 5.32 Å². The maximum atomic E-state index is 13.2. The molecule has 0 saturated heterocycles. The van der Waals surface area contributed by atoms with Gasteiger partial charge >= 0.3 is 0 Å². The molecule has 8 nitrogen and oxygen atoms in total. The van der Waals surface area contributed by atoms with Crippen molar-refractivity contribution in [2.75, 3.05) is 10.6 Å². The Balaban J connectivity index is 2.43. The van der Waals surface area contributed by atoms with Crippen LogP contribution >= 0.6 is 0 Å². The molecule has 168 valence electrons. The normalized spacial score (nSPS) is 13.4. The minimum Gasteiger partial charge on any atom is -0.348 e. The molecule has 1 N–H and O–H groups in total. The number of nitrogens with one attached hydrogen (secondary N) is 1. The average molecular weight is 448 g/mol. The molecule has 0 saturated carbocycles. The number of carbonyl (C=O) groups is 1. The van der Waals surface area contributed by atoms with E-state index in [1.165, 1.54) is 18.2 Å². The summed E-state index contributed by atoms with van der Waals surface area (Å²) in [5, 5.41) is 14.1. The van der Waals surface area contributed by atoms with Crippen LogP contribution in [-0.2, 0) is 14.8 Å². The van der Waals surface area contributed by atoms with Crippen LogP contribution in [0.5, 0.6) is 0 Å². The number of anilines is 1. The lowest BCUT2D eigenvalue weighted by Crippen LogP contribution is -2.50. The summed E-state index contributed by atoms with van der Waals surface area (Å²) < 4.78 is 26.4. The van der Waals surface area contributed by atoms with E-state index in [0.29, 0.717) is 5.56 Å². The predicted octanol–water partition coefficient (Wildman–Crippen LogP) is 3.94. The SMILES string of the molecule is CC[C@H](C(=O)N[C@H](C)c1ccc(C)c(C)c1)N(c1cc([N+](=O)[O-])ccc1C)S(C)(=O)=O. The summed E-state index contributed by atoms with van der Waals surface area (Å²) in [5.41, 5.74) is 3.53. The molecule has 1 amide bonds. The number of hydrogen-bond acceptors (Lipinski definition) is 5. The Labute approximate surface area is 183 Å². The van der Waals surface area contributed by atoms with Gasteiger partial charge < -0.3 is 5.32 Å². The molecule has 0 aliphatic heterocycles. The van der Waals surface area contributed by atoms with E-state index in [1.807, 2.05) is 39.0 Å². The number of rotatable bonds is 8. The first-order chi connectivity index (χ1) is 14.4. The number of non-ortho nitro benzene ring substituents is 1. The van der Waals surface area contributed by atoms with Crippen LogP contribution in [0.3, 0.4) is 0 Å². The van der Waals surface area contributed by atoms with Crippen LogP contribution < -0.4 is 9.62 Å². The number of nitro benzene ring substituents is 1. The van der Waals surface area contributed by atoms with Crippen LogP contribution in [0.4, 0.5) is 11.4 Å². The van der Waals surface area contributed by atoms with Crippen molar-refractivity contribution >= 4 is 27.3 Å². The van der Waals surface area contributed by atoms with Crippen molar-refractivity contribution in [3.63, 3.8) is 0 Å². The van der Waals surface area contributed by atoms with Crippen molar-refractivity contribution in [1.29, 1.82) is 0 Å². The second-order valence-corrected chi connectivity index (χ2v) is 9.64. The Morgan fingerprint density at radius 3 is 2.23 bits per heavy atom. The third kappa shape index (κ3) is 5.61. The number of sulfonamides is 1. The molecule has 2 rings (SSSR count). The quantitative estimate of drug-likeness (QED) is 0.487. The fraction of sp³-hybridized carbons (Fsp3) is 0.409. The van der Waals surface area contributed by atoms with Crippen molar-refractivity contribution in [3.05, 3.63) is 68.8 Å². The van der Waals surface area contributed by atoms with Crippen LogP contribution in [0, 0.1) is 30.9 Å². The lowest BCUT2D eigenvalue weighted by molar-refractivity contribution is -0.384. The Hall–Kier alpha value is -2.94. The number of hydrogen-bond donors (Lipinski definition) is 1. The Kier molecular flexibility index (Phi) is 7.43. The minimum absolute atomic E-state index is 0.123. The van der Waals surface area contributed by atoms with Crippen LogP contribution in [-0.4, -0.2) is 31.5 Å². The molecule has 0 aromatic heterocycles. The third-order valence-electron chi connectivity index (χ3n) is 5.36. The van der Waals surface area contributed by atoms with E-state index in [-0.39, 0.29) is 23.8 Å². The van der Waals surface area contributed by atoms with Gasteiger partial charge in [-0.15, -0.1) is 0 Å². The summed E-state index contributed by atoms with van der Waals surface area (Å²) in [6.07, 6.45) is 1.19. The van der Waals surface area contributed by atoms with Gasteiger partial charge in [-0.05, 0) is 56.4 Å². The largest absolute Gasteiger partial charge is 0.348 e. The van der Waals surface area contributed by atoms with Gasteiger partial charge in [-0.25, -0.2) is 8.42 Å². The average Bonchev–Trinajstić information content (AvgIpc) is 2.67. The molecule has 0 radical (unpaired) electrons. The predicted molar refractivity (Wildman–Crippen MR) is 122 cm³/mol. The Morgan fingerprint density at radius 1 is 1.10 bits per heavy atom. The van der Waals surface area contributed by atoms with Gasteiger partial charge in [0.25, 0.3) is 5.69 Å². The van der Waals surface area contributed by atoms with Crippen LogP contribution in [0.1, 0.15) is 48.6 Å². The van der Waals surface area contributed by atoms with E-state index < -0.39 is 26.9 Å². The van der Waals surface area contributed by atoms with E-state index >= 15 is 0 Å². The summed E-state index contributed by atoms with van der Waals surface area (Å²) in [4.78, 5) is 23.8. The van der Waals surface area contributed by atoms with E-state index in [1.54, 1.807) is 13.8 Å². The summed E-state index contributed by atoms with van der Waals surface area (Å²) in [7, 11) is -3.90. The zero-order valence-corrected chi connectivity index (χ0v) is 19.5. The first-order valence-corrected chi connectivity index (χ1v) is 11.8. The van der Waals surface area contributed by atoms with E-state index in [0.717, 1.165) is 27.3 Å². The molecule has 9 heteroatoms. The van der Waals surface area contributed by atoms with Gasteiger partial charge in [0.1, 0.15) is 6.04 Å². The zero-order valence-electron chi connectivity index (χ0n) is 18.7. The molecule has 0 heterocycles. The summed E-state index contributed by atoms with van der Waals surface area (Å²) in [6, 6.07) is 8.47. The lowest BCUT2D eigenvalue weighted by Gasteiger charge is -2.32. The van der Waals surface area contributed by atoms with Crippen molar-refractivity contribution in [2.45, 2.75) is 53.1 Å². The number of aryl methyl sites for hydroxylation is 3. The second kappa shape index (κ2) is 9.47. The summed E-state index contributed by atoms with van der Waals surface area (Å²) in [5.74, 6) is -0.468. The first-order valence-electron chi connectivity index (χ1n) is 9.98. The molecule has 0 bridgehead atoms. The topological polar surface area (TPSA) is 110 Å². The fourth-order valence-corrected chi connectivity index (χ4v) is 4.67. The number of carbonyl (C=O) groups excluding carboxylic acids is 1. The molecule has 0 spiro atoms. The minimum atomic E-state index is -3.90. The molecule has 0 unspecified atom stereocenters. The lowest BCUT2D eigenvalue weighted by atomic mass is 10.0. The highest BCUT2D eigenvalue weighted by Crippen LogP contribution is 2.30. The molecule has 0 aliphatic carbocycles. The first kappa shape index (κ1) is 24.3. The highest BCUT2D eigenvalue weighted by atomic mass is 32.2. The third-order valence-corrected chi connectivity index (χ3v) is 6.53. The van der Waals surface area contributed by atoms with Crippen molar-refractivity contribution in [2.24, 2.45) is 0 Å². The van der Waals surface area contributed by atoms with Crippen LogP contribution in [0.25, 0.3) is 0 Å². The van der Waals surface area contributed by atoms with Crippen molar-refractivity contribution in [3.8, 4) is 0 Å². The maximum absolute atomic E-state index is 13.2. The van der Waals surface area contributed by atoms with E-state index in [2.05, 4.69) is 5.32 Å². The highest BCUT2D eigenvalue weighted by molar-refractivity contribution is 7.92. The summed E-state index contributed by atoms with van der Waals surface area (Å²) in [6.45, 7) is 9.17. The van der Waals surface area contributed by atoms with E-state index in [4.69, 9.17) is 0 Å². The number of nitro groups is 1. The van der Waals surface area contributed by atoms with Gasteiger partial charge in [0, 0.05) is 12.1 Å². The molecule has 2 aromatic carbocycles. The van der Waals surface area contributed by atoms with Gasteiger partial charge in [-0.3, -0.25) is 19.2 Å². The molecular formula is C22H29N3O5S. The number of benzene rings is 2. The smallest absolute Gasteiger partial charge is 0.271 e. The molecule has 2 aromatic rings. The van der Waals surface area contributed by atoms with Crippen molar-refractivity contribution < 1.29 is 18.1 Å². The van der Waals surface area contributed by atoms with E-state index in [9.17, 15) is 23.3 Å². The number of nitrogens with zero attached hydrogens (tertiary/aromatic N) is 2. The standard InChI is InChI=1S/C22H29N3O5S/c1-7-20(22(26)23-17(5)18-10-8-14(2)16(4)12-18)24(31(6,29)30)21-13-19(25(27)28)11-9-15(21)3/h8-13,17,20H,7H2,1-6H3,(H,23,26)/t17-,20-/m1/s1. The van der Waals surface area contributed by atoms with Gasteiger partial charge in [0.15, 0.2) is 0 Å². The summed E-state index contributed by atoms with van der Waals surface area (Å²) >= 11 is 0. The molecule has 2 atom stereocenters. The van der Waals surface area contributed by atoms with Gasteiger partial charge in [-0.1, -0.05) is 31.2 Å². The molecule has 0 fully saturated rings. The Morgan fingerprint density at radius 2 is 1.71 bits per heavy atom. The van der Waals surface area contributed by atoms with Gasteiger partial charge in [-0.2, -0.15) is 0 Å². The monoisotopic (exact) mass is 447 g/mol. The Bertz CT molecular complexity index is 1100. The second-order valence-electron chi connectivity index (χ2n) is 7.78. The molecular weight excluding hydrogens is 418 g/mol. The zero-order chi connectivity index (χ0) is 23.5. The highest BCUT2D eigenvalue weighted by Gasteiger charge is 2.34. The fourth-order valence-electron chi connectivity index (χ4n) is 3.41. The van der Waals surface area contributed by atoms with Crippen LogP contribution in [0.2, 0.25) is 0 Å².